The van der Waals surface area contributed by atoms with Gasteiger partial charge in [-0.2, -0.15) is 5.26 Å². The van der Waals surface area contributed by atoms with E-state index in [4.69, 9.17) is 5.26 Å². The number of nitriles is 1. The van der Waals surface area contributed by atoms with Crippen molar-refractivity contribution in [2.24, 2.45) is 5.92 Å². The van der Waals surface area contributed by atoms with E-state index in [0.717, 1.165) is 26.2 Å². The van der Waals surface area contributed by atoms with Gasteiger partial charge >= 0.3 is 0 Å². The van der Waals surface area contributed by atoms with Crippen molar-refractivity contribution in [2.45, 2.75) is 19.8 Å². The Balaban J connectivity index is 2.10. The lowest BCUT2D eigenvalue weighted by Gasteiger charge is -2.31. The quantitative estimate of drug-likeness (QED) is 0.905. The van der Waals surface area contributed by atoms with E-state index in [-0.39, 0.29) is 5.82 Å². The third kappa shape index (κ3) is 3.45. The minimum Gasteiger partial charge on any atom is -0.369 e. The minimum absolute atomic E-state index is 0.301. The molecule has 1 fully saturated rings. The van der Waals surface area contributed by atoms with Crippen LogP contribution in [0.1, 0.15) is 25.3 Å². The highest BCUT2D eigenvalue weighted by Gasteiger charge is 2.18. The summed E-state index contributed by atoms with van der Waals surface area (Å²) >= 11 is 0. The van der Waals surface area contributed by atoms with Gasteiger partial charge in [-0.15, -0.1) is 0 Å². The summed E-state index contributed by atoms with van der Waals surface area (Å²) in [6.45, 7) is 5.78. The number of nitrogens with zero attached hydrogens (tertiary/aromatic N) is 2. The second-order valence-electron chi connectivity index (χ2n) is 5.03. The van der Waals surface area contributed by atoms with E-state index >= 15 is 0 Å². The summed E-state index contributed by atoms with van der Waals surface area (Å²) < 4.78 is 14.0. The van der Waals surface area contributed by atoms with Gasteiger partial charge in [0.25, 0.3) is 0 Å². The number of piperidine rings is 1. The van der Waals surface area contributed by atoms with Crippen molar-refractivity contribution in [1.82, 2.24) is 5.32 Å². The van der Waals surface area contributed by atoms with Crippen molar-refractivity contribution in [1.29, 1.82) is 5.26 Å². The van der Waals surface area contributed by atoms with E-state index in [9.17, 15) is 4.39 Å². The minimum atomic E-state index is -0.301. The fraction of sp³-hybridized carbons (Fsp3) is 0.533. The van der Waals surface area contributed by atoms with Crippen LogP contribution in [0.4, 0.5) is 10.1 Å². The van der Waals surface area contributed by atoms with Crippen LogP contribution in [0, 0.1) is 23.1 Å². The van der Waals surface area contributed by atoms with Crippen molar-refractivity contribution in [2.75, 3.05) is 31.1 Å². The zero-order chi connectivity index (χ0) is 13.7. The molecule has 0 aliphatic carbocycles. The summed E-state index contributed by atoms with van der Waals surface area (Å²) in [5.41, 5.74) is 0.976. The lowest BCUT2D eigenvalue weighted by atomic mass is 9.98. The maximum absolute atomic E-state index is 14.0. The van der Waals surface area contributed by atoms with Crippen LogP contribution in [0.5, 0.6) is 0 Å². The summed E-state index contributed by atoms with van der Waals surface area (Å²) in [4.78, 5) is 2.06. The predicted molar refractivity (Wildman–Crippen MR) is 74.6 cm³/mol. The molecule has 1 aliphatic rings. The molecule has 0 radical (unpaired) electrons. The van der Waals surface area contributed by atoms with Crippen molar-refractivity contribution in [3.63, 3.8) is 0 Å². The van der Waals surface area contributed by atoms with Crippen molar-refractivity contribution < 1.29 is 4.39 Å². The Labute approximate surface area is 114 Å². The average molecular weight is 261 g/mol. The molecule has 0 aromatic heterocycles. The highest BCUT2D eigenvalue weighted by molar-refractivity contribution is 5.51. The van der Waals surface area contributed by atoms with Gasteiger partial charge in [0.2, 0.25) is 0 Å². The Bertz CT molecular complexity index is 461. The number of rotatable bonds is 4. The van der Waals surface area contributed by atoms with Gasteiger partial charge < -0.3 is 10.2 Å². The smallest absolute Gasteiger partial charge is 0.147 e. The molecule has 19 heavy (non-hydrogen) atoms. The van der Waals surface area contributed by atoms with Crippen LogP contribution in [-0.4, -0.2) is 26.2 Å². The highest BCUT2D eigenvalue weighted by atomic mass is 19.1. The van der Waals surface area contributed by atoms with Gasteiger partial charge in [-0.05, 0) is 57.0 Å². The van der Waals surface area contributed by atoms with Crippen molar-refractivity contribution in [3.05, 3.63) is 29.6 Å². The molecule has 1 aliphatic heterocycles. The molecule has 1 atom stereocenters. The van der Waals surface area contributed by atoms with E-state index in [1.807, 2.05) is 13.0 Å². The predicted octanol–water partition coefficient (Wildman–Crippen LogP) is 2.52. The van der Waals surface area contributed by atoms with E-state index < -0.39 is 0 Å². The number of anilines is 1. The lowest BCUT2D eigenvalue weighted by Crippen LogP contribution is -2.38. The number of nitrogens with one attached hydrogen (secondary N) is 1. The van der Waals surface area contributed by atoms with Crippen LogP contribution >= 0.6 is 0 Å². The molecular weight excluding hydrogens is 241 g/mol. The summed E-state index contributed by atoms with van der Waals surface area (Å²) in [6, 6.07) is 6.68. The van der Waals surface area contributed by atoms with Gasteiger partial charge in [0.15, 0.2) is 0 Å². The molecule has 0 spiro atoms. The van der Waals surface area contributed by atoms with Crippen LogP contribution in [0.2, 0.25) is 0 Å². The lowest BCUT2D eigenvalue weighted by molar-refractivity contribution is 0.377. The summed E-state index contributed by atoms with van der Waals surface area (Å²) in [5, 5.41) is 12.2. The molecule has 0 saturated carbocycles. The molecule has 1 N–H and O–H groups in total. The molecule has 1 aromatic rings. The molecule has 0 amide bonds. The first-order valence-electron chi connectivity index (χ1n) is 6.90. The Kier molecular flexibility index (Phi) is 4.75. The number of hydrogen-bond acceptors (Lipinski definition) is 3. The molecule has 1 unspecified atom stereocenters. The van der Waals surface area contributed by atoms with Crippen LogP contribution < -0.4 is 10.2 Å². The van der Waals surface area contributed by atoms with Gasteiger partial charge in [0.1, 0.15) is 5.82 Å². The van der Waals surface area contributed by atoms with Gasteiger partial charge in [-0.25, -0.2) is 4.39 Å². The molecule has 3 nitrogen and oxygen atoms in total. The number of hydrogen-bond donors (Lipinski definition) is 1. The Hall–Kier alpha value is -1.60. The molecule has 0 bridgehead atoms. The molecule has 1 saturated heterocycles. The zero-order valence-corrected chi connectivity index (χ0v) is 11.3. The molecule has 4 heteroatoms. The first-order chi connectivity index (χ1) is 9.24. The molecule has 2 rings (SSSR count). The third-order valence-corrected chi connectivity index (χ3v) is 3.68. The van der Waals surface area contributed by atoms with Crippen LogP contribution in [0.25, 0.3) is 0 Å². The summed E-state index contributed by atoms with van der Waals surface area (Å²) in [7, 11) is 0. The Morgan fingerprint density at radius 3 is 2.95 bits per heavy atom. The molecular formula is C15H20FN3. The largest absolute Gasteiger partial charge is 0.369 e. The maximum Gasteiger partial charge on any atom is 0.147 e. The zero-order valence-electron chi connectivity index (χ0n) is 11.3. The third-order valence-electron chi connectivity index (χ3n) is 3.68. The van der Waals surface area contributed by atoms with Crippen molar-refractivity contribution in [3.8, 4) is 6.07 Å². The van der Waals surface area contributed by atoms with Gasteiger partial charge in [0, 0.05) is 13.1 Å². The Morgan fingerprint density at radius 1 is 1.53 bits per heavy atom. The molecule has 102 valence electrons. The van der Waals surface area contributed by atoms with Crippen molar-refractivity contribution >= 4 is 5.69 Å². The van der Waals surface area contributed by atoms with E-state index in [1.165, 1.54) is 18.9 Å². The SMILES string of the molecule is CCN(CC1CCCNC1)c1ccc(C#N)cc1F. The second-order valence-corrected chi connectivity index (χ2v) is 5.03. The summed E-state index contributed by atoms with van der Waals surface area (Å²) in [5.74, 6) is 0.272. The van der Waals surface area contributed by atoms with Gasteiger partial charge in [0.05, 0.1) is 17.3 Å². The van der Waals surface area contributed by atoms with Gasteiger partial charge in [-0.1, -0.05) is 0 Å². The number of benzene rings is 1. The maximum atomic E-state index is 14.0. The van der Waals surface area contributed by atoms with Crippen LogP contribution in [0.3, 0.4) is 0 Å². The normalized spacial score (nSPS) is 18.9. The second kappa shape index (κ2) is 6.53. The first-order valence-corrected chi connectivity index (χ1v) is 6.90. The highest BCUT2D eigenvalue weighted by Crippen LogP contribution is 2.23. The topological polar surface area (TPSA) is 39.1 Å². The Morgan fingerprint density at radius 2 is 2.37 bits per heavy atom. The standard InChI is InChI=1S/C15H20FN3/c1-2-19(11-13-4-3-7-18-10-13)15-6-5-12(9-17)8-14(15)16/h5-6,8,13,18H,2-4,7,10-11H2,1H3. The van der Waals surface area contributed by atoms with E-state index in [2.05, 4.69) is 10.2 Å². The average Bonchev–Trinajstić information content (AvgIpc) is 2.46. The number of halogens is 1. The molecule has 1 heterocycles. The monoisotopic (exact) mass is 261 g/mol. The van der Waals surface area contributed by atoms with E-state index in [0.29, 0.717) is 17.2 Å². The van der Waals surface area contributed by atoms with Gasteiger partial charge in [-0.3, -0.25) is 0 Å². The van der Waals surface area contributed by atoms with Crippen LogP contribution in [0.15, 0.2) is 18.2 Å². The fourth-order valence-electron chi connectivity index (χ4n) is 2.62. The summed E-state index contributed by atoms with van der Waals surface area (Å²) in [6.07, 6.45) is 2.39. The van der Waals surface area contributed by atoms with E-state index in [1.54, 1.807) is 12.1 Å². The first kappa shape index (κ1) is 13.8. The van der Waals surface area contributed by atoms with Crippen LogP contribution in [-0.2, 0) is 0 Å². The molecule has 1 aromatic carbocycles. The fourth-order valence-corrected chi connectivity index (χ4v) is 2.62.